The molecule has 0 aliphatic heterocycles. The lowest BCUT2D eigenvalue weighted by molar-refractivity contribution is -0.144. The molecule has 0 spiro atoms. The zero-order valence-corrected chi connectivity index (χ0v) is 14.6. The molecule has 1 rings (SSSR count). The fourth-order valence-electron chi connectivity index (χ4n) is 1.89. The van der Waals surface area contributed by atoms with E-state index in [4.69, 9.17) is 5.11 Å². The van der Waals surface area contributed by atoms with Gasteiger partial charge in [0.1, 0.15) is 16.4 Å². The second-order valence-corrected chi connectivity index (χ2v) is 8.18. The summed E-state index contributed by atoms with van der Waals surface area (Å²) in [7, 11) is -3.13. The molecule has 1 N–H and O–H groups in total. The van der Waals surface area contributed by atoms with Crippen molar-refractivity contribution in [2.45, 2.75) is 19.4 Å². The summed E-state index contributed by atoms with van der Waals surface area (Å²) in [5.74, 6) is -1.56. The number of carbonyl (C=O) groups is 2. The highest BCUT2D eigenvalue weighted by Gasteiger charge is 2.17. The van der Waals surface area contributed by atoms with Crippen LogP contribution < -0.4 is 0 Å². The minimum absolute atomic E-state index is 0.00829. The van der Waals surface area contributed by atoms with Crippen molar-refractivity contribution in [1.29, 1.82) is 0 Å². The van der Waals surface area contributed by atoms with Crippen molar-refractivity contribution < 1.29 is 23.1 Å². The molecule has 0 bridgehead atoms. The van der Waals surface area contributed by atoms with Gasteiger partial charge in [-0.1, -0.05) is 28.1 Å². The van der Waals surface area contributed by atoms with Gasteiger partial charge in [-0.15, -0.1) is 0 Å². The Morgan fingerprint density at radius 1 is 1.32 bits per heavy atom. The van der Waals surface area contributed by atoms with Gasteiger partial charge in [0.05, 0.1) is 5.75 Å². The molecule has 22 heavy (non-hydrogen) atoms. The molecular formula is C14H18BrNO5S. The zero-order chi connectivity index (χ0) is 16.8. The van der Waals surface area contributed by atoms with E-state index in [9.17, 15) is 18.0 Å². The Bertz CT molecular complexity index is 644. The first-order valence-corrected chi connectivity index (χ1v) is 9.44. The molecule has 0 heterocycles. The lowest BCUT2D eigenvalue weighted by Gasteiger charge is -2.21. The fourth-order valence-corrected chi connectivity index (χ4v) is 3.01. The summed E-state index contributed by atoms with van der Waals surface area (Å²) >= 11 is 3.32. The number of amides is 1. The first-order valence-electron chi connectivity index (χ1n) is 6.59. The van der Waals surface area contributed by atoms with E-state index in [1.165, 1.54) is 4.90 Å². The Balaban J connectivity index is 2.70. The first-order chi connectivity index (χ1) is 10.2. The number of nitrogens with zero attached hydrogens (tertiary/aromatic N) is 1. The number of hydrogen-bond donors (Lipinski definition) is 1. The summed E-state index contributed by atoms with van der Waals surface area (Å²) in [5, 5.41) is 8.92. The van der Waals surface area contributed by atoms with Crippen LogP contribution in [0.2, 0.25) is 0 Å². The van der Waals surface area contributed by atoms with Gasteiger partial charge < -0.3 is 10.0 Å². The van der Waals surface area contributed by atoms with Gasteiger partial charge in [-0.2, -0.15) is 0 Å². The standard InChI is InChI=1S/C14H18BrNO5S/c1-22(20,21)7-3-6-13(17)16(10-14(18)19)9-11-4-2-5-12(15)8-11/h2,4-5,8H,3,6-7,9-10H2,1H3,(H,18,19). The van der Waals surface area contributed by atoms with E-state index in [1.54, 1.807) is 18.2 Å². The largest absolute Gasteiger partial charge is 0.480 e. The van der Waals surface area contributed by atoms with Crippen LogP contribution in [0.5, 0.6) is 0 Å². The summed E-state index contributed by atoms with van der Waals surface area (Å²) in [6.45, 7) is -0.242. The monoisotopic (exact) mass is 391 g/mol. The van der Waals surface area contributed by atoms with Crippen molar-refractivity contribution in [2.75, 3.05) is 18.6 Å². The first kappa shape index (κ1) is 18.6. The van der Waals surface area contributed by atoms with Crippen molar-refractivity contribution in [3.8, 4) is 0 Å². The van der Waals surface area contributed by atoms with Crippen LogP contribution in [0.15, 0.2) is 28.7 Å². The van der Waals surface area contributed by atoms with E-state index in [2.05, 4.69) is 15.9 Å². The maximum atomic E-state index is 12.1. The number of rotatable bonds is 8. The lowest BCUT2D eigenvalue weighted by atomic mass is 10.2. The molecule has 8 heteroatoms. The Hall–Kier alpha value is -1.41. The normalized spacial score (nSPS) is 11.2. The van der Waals surface area contributed by atoms with E-state index >= 15 is 0 Å². The van der Waals surface area contributed by atoms with Crippen LogP contribution in [-0.2, 0) is 26.0 Å². The van der Waals surface area contributed by atoms with Gasteiger partial charge in [0.25, 0.3) is 0 Å². The summed E-state index contributed by atoms with van der Waals surface area (Å²) in [4.78, 5) is 24.2. The van der Waals surface area contributed by atoms with E-state index in [0.717, 1.165) is 16.3 Å². The van der Waals surface area contributed by atoms with Crippen molar-refractivity contribution in [2.24, 2.45) is 0 Å². The highest BCUT2D eigenvalue weighted by atomic mass is 79.9. The lowest BCUT2D eigenvalue weighted by Crippen LogP contribution is -2.35. The minimum atomic E-state index is -3.13. The van der Waals surface area contributed by atoms with E-state index in [-0.39, 0.29) is 31.0 Å². The molecule has 0 saturated carbocycles. The van der Waals surface area contributed by atoms with E-state index < -0.39 is 22.4 Å². The number of carboxylic acids is 1. The van der Waals surface area contributed by atoms with Gasteiger partial charge in [-0.3, -0.25) is 9.59 Å². The topological polar surface area (TPSA) is 91.8 Å². The quantitative estimate of drug-likeness (QED) is 0.727. The van der Waals surface area contributed by atoms with Crippen LogP contribution in [0.3, 0.4) is 0 Å². The van der Waals surface area contributed by atoms with Crippen molar-refractivity contribution in [3.63, 3.8) is 0 Å². The van der Waals surface area contributed by atoms with Crippen LogP contribution in [0.25, 0.3) is 0 Å². The van der Waals surface area contributed by atoms with Crippen LogP contribution >= 0.6 is 15.9 Å². The molecule has 0 aliphatic rings. The average molecular weight is 392 g/mol. The molecule has 0 saturated heterocycles. The van der Waals surface area contributed by atoms with Crippen molar-refractivity contribution in [3.05, 3.63) is 34.3 Å². The van der Waals surface area contributed by atoms with Gasteiger partial charge in [0, 0.05) is 23.7 Å². The minimum Gasteiger partial charge on any atom is -0.480 e. The van der Waals surface area contributed by atoms with E-state index in [1.807, 2.05) is 6.07 Å². The molecule has 0 fully saturated rings. The number of carboxylic acid groups (broad SMARTS) is 1. The molecule has 0 unspecified atom stereocenters. The molecule has 0 aromatic heterocycles. The number of carbonyl (C=O) groups excluding carboxylic acids is 1. The second-order valence-electron chi connectivity index (χ2n) is 5.01. The van der Waals surface area contributed by atoms with Crippen LogP contribution in [0, 0.1) is 0 Å². The highest BCUT2D eigenvalue weighted by molar-refractivity contribution is 9.10. The van der Waals surface area contributed by atoms with Gasteiger partial charge in [-0.05, 0) is 24.1 Å². The van der Waals surface area contributed by atoms with Gasteiger partial charge in [-0.25, -0.2) is 8.42 Å². The van der Waals surface area contributed by atoms with E-state index in [0.29, 0.717) is 0 Å². The van der Waals surface area contributed by atoms with Crippen LogP contribution in [0.4, 0.5) is 0 Å². The maximum absolute atomic E-state index is 12.1. The Morgan fingerprint density at radius 2 is 2.00 bits per heavy atom. The predicted octanol–water partition coefficient (Wildman–Crippen LogP) is 1.69. The van der Waals surface area contributed by atoms with Gasteiger partial charge >= 0.3 is 5.97 Å². The molecule has 0 radical (unpaired) electrons. The number of sulfone groups is 1. The third-order valence-corrected chi connectivity index (χ3v) is 4.37. The molecule has 1 amide bonds. The average Bonchev–Trinajstić information content (AvgIpc) is 2.35. The third-order valence-electron chi connectivity index (χ3n) is 2.85. The molecular weight excluding hydrogens is 374 g/mol. The second kappa shape index (κ2) is 8.28. The highest BCUT2D eigenvalue weighted by Crippen LogP contribution is 2.14. The number of benzene rings is 1. The number of halogens is 1. The Morgan fingerprint density at radius 3 is 2.55 bits per heavy atom. The van der Waals surface area contributed by atoms with Crippen LogP contribution in [-0.4, -0.2) is 48.9 Å². The maximum Gasteiger partial charge on any atom is 0.323 e. The van der Waals surface area contributed by atoms with Crippen molar-refractivity contribution in [1.82, 2.24) is 4.90 Å². The molecule has 1 aromatic carbocycles. The Kier molecular flexibility index (Phi) is 7.02. The smallest absolute Gasteiger partial charge is 0.323 e. The summed E-state index contributed by atoms with van der Waals surface area (Å²) in [5.41, 5.74) is 0.798. The fraction of sp³-hybridized carbons (Fsp3) is 0.429. The predicted molar refractivity (Wildman–Crippen MR) is 86.1 cm³/mol. The van der Waals surface area contributed by atoms with Crippen molar-refractivity contribution >= 4 is 37.6 Å². The van der Waals surface area contributed by atoms with Gasteiger partial charge in [0.2, 0.25) is 5.91 Å². The molecule has 1 aromatic rings. The number of aliphatic carboxylic acids is 1. The SMILES string of the molecule is CS(=O)(=O)CCCC(=O)N(CC(=O)O)Cc1cccc(Br)c1. The zero-order valence-electron chi connectivity index (χ0n) is 12.2. The summed E-state index contributed by atoms with van der Waals surface area (Å²) in [6, 6.07) is 7.23. The van der Waals surface area contributed by atoms with Gasteiger partial charge in [0.15, 0.2) is 0 Å². The molecule has 0 aliphatic carbocycles. The summed E-state index contributed by atoms with van der Waals surface area (Å²) < 4.78 is 23.0. The Labute approximate surface area is 138 Å². The molecule has 6 nitrogen and oxygen atoms in total. The van der Waals surface area contributed by atoms with Crippen LogP contribution in [0.1, 0.15) is 18.4 Å². The molecule has 122 valence electrons. The summed E-state index contributed by atoms with van der Waals surface area (Å²) in [6.07, 6.45) is 1.30. The third kappa shape index (κ3) is 7.56. The molecule has 0 atom stereocenters. The number of hydrogen-bond acceptors (Lipinski definition) is 4.